The number of halogens is 2. The number of carbonyl (C=O) groups is 2. The average Bonchev–Trinajstić information content (AvgIpc) is 1.62. The number of hydrogen-bond acceptors (Lipinski definition) is 18. The van der Waals surface area contributed by atoms with Crippen molar-refractivity contribution in [2.45, 2.75) is 97.5 Å². The number of nitrogens with zero attached hydrogens (tertiary/aromatic N) is 8. The van der Waals surface area contributed by atoms with E-state index in [0.29, 0.717) is 163 Å². The number of unbranched alkanes of at least 4 members (excludes halogenated alkanes) is 1. The van der Waals surface area contributed by atoms with Crippen molar-refractivity contribution < 1.29 is 45.4 Å². The van der Waals surface area contributed by atoms with Crippen molar-refractivity contribution in [3.05, 3.63) is 116 Å². The van der Waals surface area contributed by atoms with Crippen molar-refractivity contribution in [2.24, 2.45) is 0 Å². The second-order valence-electron chi connectivity index (χ2n) is 25.3. The zero-order valence-electron chi connectivity index (χ0n) is 53.8. The van der Waals surface area contributed by atoms with Gasteiger partial charge < -0.3 is 50.0 Å². The van der Waals surface area contributed by atoms with Crippen LogP contribution in [0, 0.1) is 22.7 Å². The van der Waals surface area contributed by atoms with Gasteiger partial charge in [0.25, 0.3) is 0 Å². The highest BCUT2D eigenvalue weighted by Crippen LogP contribution is 2.43. The number of amides is 4. The van der Waals surface area contributed by atoms with Gasteiger partial charge in [0.05, 0.1) is 71.6 Å². The lowest BCUT2D eigenvalue weighted by molar-refractivity contribution is 0.0804. The molecule has 0 spiro atoms. The number of nitriles is 2. The Balaban J connectivity index is 0.528. The van der Waals surface area contributed by atoms with Gasteiger partial charge in [-0.1, -0.05) is 23.2 Å². The van der Waals surface area contributed by atoms with Gasteiger partial charge in [-0.05, 0) is 200 Å². The summed E-state index contributed by atoms with van der Waals surface area (Å²) < 4.78 is 84.8. The minimum Gasteiger partial charge on any atom is -0.484 e. The molecule has 6 atom stereocenters. The third kappa shape index (κ3) is 19.4. The third-order valence-electron chi connectivity index (χ3n) is 18.6. The first-order chi connectivity index (χ1) is 45.4. The number of ether oxygens (including phenoxy) is 4. The molecule has 2 aliphatic carbocycles. The molecule has 4 aromatic rings. The molecule has 4 aliphatic heterocycles. The Morgan fingerprint density at radius 2 is 0.936 bits per heavy atom. The molecule has 4 fully saturated rings. The highest BCUT2D eigenvalue weighted by Gasteiger charge is 2.42. The highest BCUT2D eigenvalue weighted by atomic mass is 35.5. The lowest BCUT2D eigenvalue weighted by atomic mass is 10.0. The SMILES string of the molecule is CN1CCCN([C@H]2Cc3c(C#N)cc(Cl)cc3[C@@H]2Oc2ccc(S(=O)(=O)N[C@H]3CCN(CCOCCNC(=O)NCCCCNC(=O)NCCOCCN4CC[C@H](NS(=O)(=O)c5ccc(O[C@H]6c7cc(Cl)cc(C#N)c7C[C@@H]6N6CCCN(C)CC6)cc5)C4)C3)cc2)CC1. The molecule has 4 amide bonds. The maximum atomic E-state index is 13.5. The zero-order chi connectivity index (χ0) is 66.2. The van der Waals surface area contributed by atoms with Gasteiger partial charge in [0.1, 0.15) is 23.7 Å². The number of urea groups is 2. The van der Waals surface area contributed by atoms with Crippen LogP contribution in [-0.4, -0.2) is 241 Å². The van der Waals surface area contributed by atoms with E-state index in [9.17, 15) is 36.9 Å². The molecule has 0 unspecified atom stereocenters. The van der Waals surface area contributed by atoms with Crippen LogP contribution in [0.5, 0.6) is 11.5 Å². The Labute approximate surface area is 563 Å². The molecule has 6 N–H and O–H groups in total. The number of benzene rings is 4. The van der Waals surface area contributed by atoms with Crippen LogP contribution in [-0.2, 0) is 42.4 Å². The lowest BCUT2D eigenvalue weighted by Gasteiger charge is -2.32. The predicted molar refractivity (Wildman–Crippen MR) is 358 cm³/mol. The van der Waals surface area contributed by atoms with Gasteiger partial charge in [-0.2, -0.15) is 10.5 Å². The Morgan fingerprint density at radius 1 is 0.532 bits per heavy atom. The van der Waals surface area contributed by atoms with Crippen LogP contribution < -0.4 is 40.2 Å². The topological polar surface area (TPSA) is 279 Å². The van der Waals surface area contributed by atoms with Crippen LogP contribution in [0.25, 0.3) is 0 Å². The number of fused-ring (bicyclic) bond motifs is 2. The molecule has 94 heavy (non-hydrogen) atoms. The predicted octanol–water partition coefficient (Wildman–Crippen LogP) is 4.92. The standard InChI is InChI=1S/C66H90Cl2N14O10S2/c1-77-21-5-23-81(29-27-77)61-41-57-47(43-69)37-49(67)39-59(57)63(61)91-53-7-11-55(12-8-53)93(85,86)75-51-15-25-79(45-51)31-35-89-33-19-73-65(83)71-17-3-4-18-72-66(84)74-20-34-90-36-32-80-26-16-52(46-80)76-94(87,88)56-13-9-54(10-14-56)92-64-60-40-50(68)38-48(44-70)58(60)42-62(64)82-24-6-22-78(2)28-30-82/h7-14,37-40,51-52,61-64,75-76H,3-6,15-36,41-42,45-46H2,1-2H3,(H2,71,73,83)(H2,72,74,84)/t51-,52-,61-,62-,63-,64-/m0/s1. The Hall–Kier alpha value is -5.92. The average molecular weight is 1370 g/mol. The molecule has 0 bridgehead atoms. The summed E-state index contributed by atoms with van der Waals surface area (Å²) in [6, 6.07) is 23.7. The summed E-state index contributed by atoms with van der Waals surface area (Å²) in [7, 11) is -3.37. The van der Waals surface area contributed by atoms with Crippen molar-refractivity contribution in [3.63, 3.8) is 0 Å². The number of likely N-dealkylation sites (tertiary alicyclic amines) is 2. The minimum absolute atomic E-state index is 0.000330. The maximum absolute atomic E-state index is 13.5. The molecule has 4 saturated heterocycles. The number of hydrogen-bond donors (Lipinski definition) is 6. The third-order valence-corrected chi connectivity index (χ3v) is 22.2. The molecule has 6 aliphatic rings. The van der Waals surface area contributed by atoms with Crippen molar-refractivity contribution in [1.82, 2.24) is 60.1 Å². The fraction of sp³-hybridized carbons (Fsp3) is 0.576. The van der Waals surface area contributed by atoms with Gasteiger partial charge in [-0.25, -0.2) is 35.9 Å². The first-order valence-electron chi connectivity index (χ1n) is 32.9. The van der Waals surface area contributed by atoms with Crippen LogP contribution in [0.3, 0.4) is 0 Å². The lowest BCUT2D eigenvalue weighted by Crippen LogP contribution is -2.42. The fourth-order valence-corrected chi connectivity index (χ4v) is 16.6. The van der Waals surface area contributed by atoms with E-state index < -0.39 is 20.0 Å². The summed E-state index contributed by atoms with van der Waals surface area (Å²) in [5.41, 5.74) is 4.81. The maximum Gasteiger partial charge on any atom is 0.314 e. The van der Waals surface area contributed by atoms with Crippen LogP contribution >= 0.6 is 23.2 Å². The summed E-state index contributed by atoms with van der Waals surface area (Å²) >= 11 is 13.0. The molecular formula is C66H90Cl2N14O10S2. The van der Waals surface area contributed by atoms with Crippen molar-refractivity contribution in [3.8, 4) is 23.6 Å². The minimum atomic E-state index is -3.81. The van der Waals surface area contributed by atoms with E-state index in [1.807, 2.05) is 12.1 Å². The summed E-state index contributed by atoms with van der Waals surface area (Å²) in [6.07, 6.45) is 5.27. The van der Waals surface area contributed by atoms with Crippen molar-refractivity contribution in [1.29, 1.82) is 10.5 Å². The Bertz CT molecular complexity index is 3300. The molecule has 4 aromatic carbocycles. The summed E-state index contributed by atoms with van der Waals surface area (Å²) in [5, 5.41) is 32.1. The van der Waals surface area contributed by atoms with Gasteiger partial charge in [-0.15, -0.1) is 0 Å². The molecular weight excluding hydrogens is 1280 g/mol. The molecule has 0 aromatic heterocycles. The molecule has 28 heteroatoms. The van der Waals surface area contributed by atoms with E-state index in [4.69, 9.17) is 42.1 Å². The number of rotatable bonds is 29. The first-order valence-corrected chi connectivity index (χ1v) is 36.7. The number of sulfonamides is 2. The first kappa shape index (κ1) is 70.9. The van der Waals surface area contributed by atoms with Crippen molar-refractivity contribution >= 4 is 55.3 Å². The van der Waals surface area contributed by atoms with Gasteiger partial charge in [0, 0.05) is 101 Å². The van der Waals surface area contributed by atoms with E-state index in [1.165, 1.54) is 0 Å². The van der Waals surface area contributed by atoms with E-state index in [-0.39, 0.29) is 58.2 Å². The monoisotopic (exact) mass is 1370 g/mol. The zero-order valence-corrected chi connectivity index (χ0v) is 57.0. The van der Waals surface area contributed by atoms with Crippen LogP contribution in [0.15, 0.2) is 82.6 Å². The Morgan fingerprint density at radius 3 is 1.34 bits per heavy atom. The van der Waals surface area contributed by atoms with Gasteiger partial charge >= 0.3 is 12.1 Å². The van der Waals surface area contributed by atoms with Crippen molar-refractivity contribution in [2.75, 3.05) is 158 Å². The van der Waals surface area contributed by atoms with Gasteiger partial charge in [-0.3, -0.25) is 19.6 Å². The summed E-state index contributed by atoms with van der Waals surface area (Å²) in [5.74, 6) is 1.07. The molecule has 10 rings (SSSR count). The normalized spacial score (nSPS) is 22.6. The van der Waals surface area contributed by atoms with E-state index >= 15 is 0 Å². The largest absolute Gasteiger partial charge is 0.484 e. The molecule has 4 heterocycles. The number of carbonyl (C=O) groups excluding carboxylic acids is 2. The number of nitrogens with one attached hydrogen (secondary N) is 6. The highest BCUT2D eigenvalue weighted by molar-refractivity contribution is 7.89. The van der Waals surface area contributed by atoms with E-state index in [1.54, 1.807) is 60.7 Å². The summed E-state index contributed by atoms with van der Waals surface area (Å²) in [6.45, 7) is 14.2. The fourth-order valence-electron chi connectivity index (χ4n) is 13.6. The van der Waals surface area contributed by atoms with Gasteiger partial charge in [0.15, 0.2) is 0 Å². The van der Waals surface area contributed by atoms with Crippen LogP contribution in [0.2, 0.25) is 10.0 Å². The van der Waals surface area contributed by atoms with E-state index in [0.717, 1.165) is 87.5 Å². The van der Waals surface area contributed by atoms with Crippen LogP contribution in [0.4, 0.5) is 9.59 Å². The Kier molecular flexibility index (Phi) is 25.5. The van der Waals surface area contributed by atoms with E-state index in [2.05, 4.69) is 86.3 Å². The molecule has 510 valence electrons. The smallest absolute Gasteiger partial charge is 0.314 e. The quantitative estimate of drug-likeness (QED) is 0.0394. The second kappa shape index (κ2) is 33.8. The summed E-state index contributed by atoms with van der Waals surface area (Å²) in [4.78, 5) is 38.8. The molecule has 0 radical (unpaired) electrons. The number of likely N-dealkylation sites (N-methyl/N-ethyl adjacent to an activating group) is 2. The van der Waals surface area contributed by atoms with Gasteiger partial charge in [0.2, 0.25) is 20.0 Å². The second-order valence-corrected chi connectivity index (χ2v) is 29.6. The van der Waals surface area contributed by atoms with Crippen LogP contribution in [0.1, 0.15) is 84.1 Å². The molecule has 0 saturated carbocycles. The molecule has 24 nitrogen and oxygen atoms in total.